The molecule has 0 aliphatic rings. The summed E-state index contributed by atoms with van der Waals surface area (Å²) in [5, 5.41) is 4.35. The van der Waals surface area contributed by atoms with Gasteiger partial charge in [-0.15, -0.1) is 0 Å². The van der Waals surface area contributed by atoms with Crippen molar-refractivity contribution in [3.05, 3.63) is 29.0 Å². The molecule has 0 amide bonds. The summed E-state index contributed by atoms with van der Waals surface area (Å²) in [7, 11) is 5.59. The molecule has 6 heteroatoms. The predicted octanol–water partition coefficient (Wildman–Crippen LogP) is 2.66. The topological polar surface area (TPSA) is 50.5 Å². The van der Waals surface area contributed by atoms with E-state index in [0.717, 1.165) is 15.8 Å². The number of aromatic nitrogens is 1. The standard InChI is InChI=1S/C13H19N3O2S/c1-9(10-6-5-7-18-10)14-8-11-12(17-4)15-13(19-11)16(2)3/h5-7,9,14H,8H2,1-4H3. The summed E-state index contributed by atoms with van der Waals surface area (Å²) in [6.07, 6.45) is 1.69. The van der Waals surface area contributed by atoms with Crippen molar-refractivity contribution in [3.63, 3.8) is 0 Å². The van der Waals surface area contributed by atoms with Crippen molar-refractivity contribution in [1.29, 1.82) is 0 Å². The van der Waals surface area contributed by atoms with Gasteiger partial charge in [-0.25, -0.2) is 0 Å². The maximum absolute atomic E-state index is 5.37. The van der Waals surface area contributed by atoms with Crippen LogP contribution in [0.3, 0.4) is 0 Å². The van der Waals surface area contributed by atoms with Crippen molar-refractivity contribution in [1.82, 2.24) is 10.3 Å². The maximum atomic E-state index is 5.37. The molecular formula is C13H19N3O2S. The second-order valence-electron chi connectivity index (χ2n) is 4.44. The van der Waals surface area contributed by atoms with Gasteiger partial charge in [0.2, 0.25) is 5.88 Å². The fourth-order valence-electron chi connectivity index (χ4n) is 1.67. The number of nitrogens with zero attached hydrogens (tertiary/aromatic N) is 2. The molecule has 1 N–H and O–H groups in total. The van der Waals surface area contributed by atoms with E-state index < -0.39 is 0 Å². The number of furan rings is 1. The van der Waals surface area contributed by atoms with Gasteiger partial charge in [0, 0.05) is 20.6 Å². The van der Waals surface area contributed by atoms with E-state index in [-0.39, 0.29) is 6.04 Å². The molecule has 2 aromatic heterocycles. The first-order valence-corrected chi connectivity index (χ1v) is 6.91. The summed E-state index contributed by atoms with van der Waals surface area (Å²) < 4.78 is 10.7. The average molecular weight is 281 g/mol. The Morgan fingerprint density at radius 3 is 2.89 bits per heavy atom. The van der Waals surface area contributed by atoms with Gasteiger partial charge >= 0.3 is 0 Å². The molecule has 0 aliphatic heterocycles. The van der Waals surface area contributed by atoms with Gasteiger partial charge in [-0.3, -0.25) is 0 Å². The number of methoxy groups -OCH3 is 1. The fourth-order valence-corrected chi connectivity index (χ4v) is 2.58. The SMILES string of the molecule is COc1nc(N(C)C)sc1CNC(C)c1ccco1. The van der Waals surface area contributed by atoms with E-state index in [1.165, 1.54) is 0 Å². The van der Waals surface area contributed by atoms with Gasteiger partial charge in [-0.1, -0.05) is 11.3 Å². The van der Waals surface area contributed by atoms with E-state index in [9.17, 15) is 0 Å². The van der Waals surface area contributed by atoms with Crippen LogP contribution in [0.1, 0.15) is 23.6 Å². The average Bonchev–Trinajstić information content (AvgIpc) is 3.04. The lowest BCUT2D eigenvalue weighted by molar-refractivity contribution is 0.389. The van der Waals surface area contributed by atoms with Gasteiger partial charge in [-0.2, -0.15) is 4.98 Å². The van der Waals surface area contributed by atoms with E-state index in [1.807, 2.05) is 31.1 Å². The second kappa shape index (κ2) is 6.08. The molecule has 2 heterocycles. The minimum absolute atomic E-state index is 0.157. The van der Waals surface area contributed by atoms with Crippen molar-refractivity contribution in [2.45, 2.75) is 19.5 Å². The molecule has 104 valence electrons. The zero-order chi connectivity index (χ0) is 13.8. The van der Waals surface area contributed by atoms with Crippen LogP contribution in [0.25, 0.3) is 0 Å². The van der Waals surface area contributed by atoms with Gasteiger partial charge in [0.25, 0.3) is 0 Å². The minimum Gasteiger partial charge on any atom is -0.480 e. The first-order valence-electron chi connectivity index (χ1n) is 6.09. The Kier molecular flexibility index (Phi) is 4.44. The number of rotatable bonds is 6. The Morgan fingerprint density at radius 1 is 1.53 bits per heavy atom. The van der Waals surface area contributed by atoms with Gasteiger partial charge in [0.15, 0.2) is 5.13 Å². The van der Waals surface area contributed by atoms with Crippen LogP contribution in [-0.2, 0) is 6.54 Å². The smallest absolute Gasteiger partial charge is 0.230 e. The Balaban J connectivity index is 2.02. The molecule has 1 unspecified atom stereocenters. The monoisotopic (exact) mass is 281 g/mol. The van der Waals surface area contributed by atoms with E-state index >= 15 is 0 Å². The lowest BCUT2D eigenvalue weighted by atomic mass is 10.2. The van der Waals surface area contributed by atoms with E-state index in [1.54, 1.807) is 24.7 Å². The van der Waals surface area contributed by atoms with Crippen LogP contribution in [0.4, 0.5) is 5.13 Å². The molecule has 1 atom stereocenters. The molecule has 0 spiro atoms. The van der Waals surface area contributed by atoms with Crippen molar-refractivity contribution in [2.24, 2.45) is 0 Å². The molecule has 0 radical (unpaired) electrons. The normalized spacial score (nSPS) is 12.4. The molecule has 0 bridgehead atoms. The molecule has 2 rings (SSSR count). The molecule has 2 aromatic rings. The van der Waals surface area contributed by atoms with Gasteiger partial charge < -0.3 is 19.4 Å². The van der Waals surface area contributed by atoms with Crippen molar-refractivity contribution < 1.29 is 9.15 Å². The predicted molar refractivity (Wildman–Crippen MR) is 77.0 cm³/mol. The lowest BCUT2D eigenvalue weighted by Crippen LogP contribution is -2.17. The molecule has 0 aliphatic carbocycles. The number of anilines is 1. The number of ether oxygens (including phenoxy) is 1. The molecule has 0 saturated carbocycles. The van der Waals surface area contributed by atoms with Crippen molar-refractivity contribution >= 4 is 16.5 Å². The summed E-state index contributed by atoms with van der Waals surface area (Å²) in [5.74, 6) is 1.61. The molecule has 19 heavy (non-hydrogen) atoms. The maximum Gasteiger partial charge on any atom is 0.230 e. The fraction of sp³-hybridized carbons (Fsp3) is 0.462. The first kappa shape index (κ1) is 13.9. The summed E-state index contributed by atoms with van der Waals surface area (Å²) in [6.45, 7) is 2.77. The third kappa shape index (κ3) is 3.27. The highest BCUT2D eigenvalue weighted by atomic mass is 32.1. The van der Waals surface area contributed by atoms with Crippen LogP contribution >= 0.6 is 11.3 Å². The summed E-state index contributed by atoms with van der Waals surface area (Å²) in [6, 6.07) is 4.02. The number of hydrogen-bond acceptors (Lipinski definition) is 6. The van der Waals surface area contributed by atoms with Crippen LogP contribution < -0.4 is 15.0 Å². The van der Waals surface area contributed by atoms with E-state index in [0.29, 0.717) is 12.4 Å². The highest BCUT2D eigenvalue weighted by Gasteiger charge is 2.15. The molecule has 0 aromatic carbocycles. The van der Waals surface area contributed by atoms with Crippen LogP contribution in [0.5, 0.6) is 5.88 Å². The Bertz CT molecular complexity index is 508. The second-order valence-corrected chi connectivity index (χ2v) is 5.50. The highest BCUT2D eigenvalue weighted by molar-refractivity contribution is 7.15. The van der Waals surface area contributed by atoms with Crippen molar-refractivity contribution in [3.8, 4) is 5.88 Å². The first-order chi connectivity index (χ1) is 9.11. The highest BCUT2D eigenvalue weighted by Crippen LogP contribution is 2.30. The largest absolute Gasteiger partial charge is 0.480 e. The van der Waals surface area contributed by atoms with Crippen molar-refractivity contribution in [2.75, 3.05) is 26.1 Å². The van der Waals surface area contributed by atoms with Gasteiger partial charge in [-0.05, 0) is 19.1 Å². The Morgan fingerprint density at radius 2 is 2.32 bits per heavy atom. The van der Waals surface area contributed by atoms with Gasteiger partial charge in [0.1, 0.15) is 5.76 Å². The molecule has 0 fully saturated rings. The molecular weight excluding hydrogens is 262 g/mol. The number of thiazole rings is 1. The van der Waals surface area contributed by atoms with Crippen LogP contribution in [0.2, 0.25) is 0 Å². The lowest BCUT2D eigenvalue weighted by Gasteiger charge is -2.10. The van der Waals surface area contributed by atoms with Crippen LogP contribution in [0, 0.1) is 0 Å². The quantitative estimate of drug-likeness (QED) is 0.882. The summed E-state index contributed by atoms with van der Waals surface area (Å²) in [4.78, 5) is 7.49. The molecule has 0 saturated heterocycles. The summed E-state index contributed by atoms with van der Waals surface area (Å²) in [5.41, 5.74) is 0. The third-order valence-electron chi connectivity index (χ3n) is 2.76. The van der Waals surface area contributed by atoms with E-state index in [4.69, 9.17) is 9.15 Å². The van der Waals surface area contributed by atoms with E-state index in [2.05, 4.69) is 17.2 Å². The Hall–Kier alpha value is -1.53. The Labute approximate surface area is 117 Å². The summed E-state index contributed by atoms with van der Waals surface area (Å²) >= 11 is 1.63. The molecule has 5 nitrogen and oxygen atoms in total. The van der Waals surface area contributed by atoms with Crippen LogP contribution in [-0.4, -0.2) is 26.2 Å². The zero-order valence-electron chi connectivity index (χ0n) is 11.6. The minimum atomic E-state index is 0.157. The number of hydrogen-bond donors (Lipinski definition) is 1. The van der Waals surface area contributed by atoms with Gasteiger partial charge in [0.05, 0.1) is 24.3 Å². The zero-order valence-corrected chi connectivity index (χ0v) is 12.5. The van der Waals surface area contributed by atoms with Crippen LogP contribution in [0.15, 0.2) is 22.8 Å². The third-order valence-corrected chi connectivity index (χ3v) is 3.97. The number of nitrogens with one attached hydrogen (secondary N) is 1.